The van der Waals surface area contributed by atoms with Gasteiger partial charge in [0, 0.05) is 35.5 Å². The van der Waals surface area contributed by atoms with Crippen LogP contribution in [-0.4, -0.2) is 22.5 Å². The lowest BCUT2D eigenvalue weighted by molar-refractivity contribution is 0.0915. The monoisotopic (exact) mass is 390 g/mol. The van der Waals surface area contributed by atoms with Crippen LogP contribution in [0.3, 0.4) is 0 Å². The van der Waals surface area contributed by atoms with Gasteiger partial charge in [-0.2, -0.15) is 0 Å². The Morgan fingerprint density at radius 3 is 2.50 bits per heavy atom. The van der Waals surface area contributed by atoms with Crippen molar-refractivity contribution < 1.29 is 9.53 Å². The second-order valence-corrected chi connectivity index (χ2v) is 7.81. The largest absolute Gasteiger partial charge is 0.445 e. The summed E-state index contributed by atoms with van der Waals surface area (Å²) in [6.45, 7) is 1.49. The number of fused-ring (bicyclic) bond motifs is 1. The number of carbonyl (C=O) groups excluding carboxylic acids is 1. The molecule has 0 saturated carbocycles. The molecule has 4 nitrogen and oxygen atoms in total. The third-order valence-corrected chi connectivity index (χ3v) is 5.76. The Morgan fingerprint density at radius 2 is 1.75 bits per heavy atom. The number of rotatable bonds is 5. The van der Waals surface area contributed by atoms with Gasteiger partial charge in [0.2, 0.25) is 0 Å². The van der Waals surface area contributed by atoms with Crippen LogP contribution in [-0.2, 0) is 30.1 Å². The molecule has 0 atom stereocenters. The lowest BCUT2D eigenvalue weighted by Crippen LogP contribution is -2.36. The molecule has 3 aromatic rings. The Hall–Kier alpha value is -2.79. The van der Waals surface area contributed by atoms with E-state index < -0.39 is 0 Å². The Bertz CT molecular complexity index is 932. The number of hydrogen-bond acceptors (Lipinski definition) is 4. The predicted octanol–water partition coefficient (Wildman–Crippen LogP) is 5.07. The minimum atomic E-state index is -0.267. The maximum Gasteiger partial charge on any atom is 0.410 e. The lowest BCUT2D eigenvalue weighted by atomic mass is 10.1. The standard InChI is InChI=1S/C23H22N2O2S/c26-23(27-16-18-7-3-1-4-8-18)25-12-11-22-20(15-25)13-21(14-24-22)28-17-19-9-5-2-6-10-19/h1-10,13-14H,11-12,15-17H2. The molecule has 1 aliphatic heterocycles. The number of aromatic nitrogens is 1. The first-order valence-corrected chi connectivity index (χ1v) is 10.4. The zero-order valence-electron chi connectivity index (χ0n) is 15.6. The summed E-state index contributed by atoms with van der Waals surface area (Å²) in [5.41, 5.74) is 4.48. The Balaban J connectivity index is 1.36. The molecular weight excluding hydrogens is 368 g/mol. The maximum atomic E-state index is 12.5. The summed E-state index contributed by atoms with van der Waals surface area (Å²) in [6.07, 6.45) is 2.44. The lowest BCUT2D eigenvalue weighted by Gasteiger charge is -2.27. The first kappa shape index (κ1) is 18.6. The Kier molecular flexibility index (Phi) is 5.92. The van der Waals surface area contributed by atoms with Crippen LogP contribution in [0.25, 0.3) is 0 Å². The number of benzene rings is 2. The summed E-state index contributed by atoms with van der Waals surface area (Å²) >= 11 is 1.77. The van der Waals surface area contributed by atoms with Crippen molar-refractivity contribution in [2.24, 2.45) is 0 Å². The van der Waals surface area contributed by atoms with Gasteiger partial charge in [-0.15, -0.1) is 11.8 Å². The predicted molar refractivity (Wildman–Crippen MR) is 111 cm³/mol. The van der Waals surface area contributed by atoms with Crippen LogP contribution in [0, 0.1) is 0 Å². The SMILES string of the molecule is O=C(OCc1ccccc1)N1CCc2ncc(SCc3ccccc3)cc2C1. The van der Waals surface area contributed by atoms with Gasteiger partial charge in [-0.3, -0.25) is 4.98 Å². The fraction of sp³-hybridized carbons (Fsp3) is 0.217. The van der Waals surface area contributed by atoms with Crippen molar-refractivity contribution >= 4 is 17.9 Å². The average Bonchev–Trinajstić information content (AvgIpc) is 2.77. The van der Waals surface area contributed by atoms with E-state index in [2.05, 4.69) is 35.3 Å². The Morgan fingerprint density at radius 1 is 1.04 bits per heavy atom. The first-order chi connectivity index (χ1) is 13.8. The summed E-state index contributed by atoms with van der Waals surface area (Å²) < 4.78 is 5.48. The van der Waals surface area contributed by atoms with E-state index in [0.717, 1.165) is 33.9 Å². The molecule has 4 rings (SSSR count). The Labute approximate surface area is 169 Å². The summed E-state index contributed by atoms with van der Waals surface area (Å²) in [6, 6.07) is 22.3. The third-order valence-electron chi connectivity index (χ3n) is 4.73. The molecule has 0 fully saturated rings. The van der Waals surface area contributed by atoms with Gasteiger partial charge < -0.3 is 9.64 Å². The quantitative estimate of drug-likeness (QED) is 0.571. The highest BCUT2D eigenvalue weighted by Gasteiger charge is 2.23. The van der Waals surface area contributed by atoms with Gasteiger partial charge in [-0.05, 0) is 22.8 Å². The molecule has 0 aliphatic carbocycles. The molecule has 2 aromatic carbocycles. The second-order valence-electron chi connectivity index (χ2n) is 6.76. The number of nitrogens with zero attached hydrogens (tertiary/aromatic N) is 2. The van der Waals surface area contributed by atoms with Gasteiger partial charge in [0.15, 0.2) is 0 Å². The maximum absolute atomic E-state index is 12.5. The van der Waals surface area contributed by atoms with Crippen molar-refractivity contribution in [1.29, 1.82) is 0 Å². The van der Waals surface area contributed by atoms with Gasteiger partial charge >= 0.3 is 6.09 Å². The number of ether oxygens (including phenoxy) is 1. The molecule has 5 heteroatoms. The molecule has 0 saturated heterocycles. The van der Waals surface area contributed by atoms with Gasteiger partial charge in [0.05, 0.1) is 6.54 Å². The molecule has 142 valence electrons. The number of carbonyl (C=O) groups is 1. The molecule has 0 N–H and O–H groups in total. The van der Waals surface area contributed by atoms with Crippen LogP contribution >= 0.6 is 11.8 Å². The van der Waals surface area contributed by atoms with Crippen molar-refractivity contribution in [3.63, 3.8) is 0 Å². The fourth-order valence-corrected chi connectivity index (χ4v) is 4.07. The van der Waals surface area contributed by atoms with Crippen molar-refractivity contribution in [1.82, 2.24) is 9.88 Å². The molecule has 0 unspecified atom stereocenters. The van der Waals surface area contributed by atoms with E-state index in [-0.39, 0.29) is 6.09 Å². The molecule has 0 radical (unpaired) electrons. The minimum Gasteiger partial charge on any atom is -0.445 e. The molecule has 28 heavy (non-hydrogen) atoms. The van der Waals surface area contributed by atoms with E-state index in [9.17, 15) is 4.79 Å². The third kappa shape index (κ3) is 4.73. The van der Waals surface area contributed by atoms with Crippen molar-refractivity contribution in [3.05, 3.63) is 95.3 Å². The topological polar surface area (TPSA) is 42.4 Å². The van der Waals surface area contributed by atoms with Crippen molar-refractivity contribution in [2.45, 2.75) is 30.2 Å². The fourth-order valence-electron chi connectivity index (χ4n) is 3.19. The molecular formula is C23H22N2O2S. The van der Waals surface area contributed by atoms with Gasteiger partial charge in [0.25, 0.3) is 0 Å². The van der Waals surface area contributed by atoms with Crippen LogP contribution < -0.4 is 0 Å². The average molecular weight is 391 g/mol. The van der Waals surface area contributed by atoms with E-state index >= 15 is 0 Å². The second kappa shape index (κ2) is 8.93. The van der Waals surface area contributed by atoms with Crippen LogP contribution in [0.4, 0.5) is 4.79 Å². The molecule has 1 aliphatic rings. The smallest absolute Gasteiger partial charge is 0.410 e. The molecule has 0 spiro atoms. The van der Waals surface area contributed by atoms with E-state index in [1.54, 1.807) is 16.7 Å². The van der Waals surface area contributed by atoms with Crippen LogP contribution in [0.2, 0.25) is 0 Å². The van der Waals surface area contributed by atoms with Crippen molar-refractivity contribution in [2.75, 3.05) is 6.54 Å². The highest BCUT2D eigenvalue weighted by Crippen LogP contribution is 2.26. The summed E-state index contributed by atoms with van der Waals surface area (Å²) in [7, 11) is 0. The van der Waals surface area contributed by atoms with Crippen LogP contribution in [0.15, 0.2) is 77.8 Å². The van der Waals surface area contributed by atoms with Gasteiger partial charge in [-0.25, -0.2) is 4.79 Å². The summed E-state index contributed by atoms with van der Waals surface area (Å²) in [5.74, 6) is 0.907. The van der Waals surface area contributed by atoms with Crippen molar-refractivity contribution in [3.8, 4) is 0 Å². The number of amides is 1. The van der Waals surface area contributed by atoms with Crippen LogP contribution in [0.1, 0.15) is 22.4 Å². The number of thioether (sulfide) groups is 1. The van der Waals surface area contributed by atoms with Crippen LogP contribution in [0.5, 0.6) is 0 Å². The zero-order valence-corrected chi connectivity index (χ0v) is 16.4. The first-order valence-electron chi connectivity index (χ1n) is 9.38. The highest BCUT2D eigenvalue weighted by molar-refractivity contribution is 7.98. The molecule has 0 bridgehead atoms. The minimum absolute atomic E-state index is 0.267. The number of hydrogen-bond donors (Lipinski definition) is 0. The number of pyridine rings is 1. The van der Waals surface area contributed by atoms with Gasteiger partial charge in [0.1, 0.15) is 6.61 Å². The normalized spacial score (nSPS) is 13.1. The zero-order chi connectivity index (χ0) is 19.2. The highest BCUT2D eigenvalue weighted by atomic mass is 32.2. The molecule has 1 aromatic heterocycles. The molecule has 1 amide bonds. The van der Waals surface area contributed by atoms with E-state index in [4.69, 9.17) is 4.74 Å². The van der Waals surface area contributed by atoms with E-state index in [1.165, 1.54) is 5.56 Å². The van der Waals surface area contributed by atoms with Gasteiger partial charge in [-0.1, -0.05) is 60.7 Å². The summed E-state index contributed by atoms with van der Waals surface area (Å²) in [5, 5.41) is 0. The molecule has 2 heterocycles. The van der Waals surface area contributed by atoms with E-state index in [0.29, 0.717) is 19.7 Å². The summed E-state index contributed by atoms with van der Waals surface area (Å²) in [4.78, 5) is 20.0. The van der Waals surface area contributed by atoms with E-state index in [1.807, 2.05) is 42.6 Å².